The Morgan fingerprint density at radius 2 is 1.88 bits per heavy atom. The van der Waals surface area contributed by atoms with Crippen LogP contribution >= 0.6 is 0 Å². The normalized spacial score (nSPS) is 38.0. The molecule has 1 heterocycles. The topological polar surface area (TPSA) is 83.7 Å². The molecule has 3 aliphatic carbocycles. The van der Waals surface area contributed by atoms with Crippen LogP contribution in [0.15, 0.2) is 48.2 Å². The van der Waals surface area contributed by atoms with Crippen molar-refractivity contribution in [2.75, 3.05) is 0 Å². The number of carbonyl (C=O) groups is 1. The fraction of sp³-hybridized carbons (Fsp3) is 0.593. The lowest BCUT2D eigenvalue weighted by atomic mass is 9.47. The van der Waals surface area contributed by atoms with E-state index in [1.165, 1.54) is 17.7 Å². The molecule has 6 atom stereocenters. The number of aliphatic hydroxyl groups is 1. The Balaban J connectivity index is 1.46. The molecule has 176 valence electrons. The Morgan fingerprint density at radius 3 is 2.58 bits per heavy atom. The fourth-order valence-corrected chi connectivity index (χ4v) is 7.77. The number of aliphatic hydroxyl groups excluding tert-OH is 1. The number of fused-ring (bicyclic) bond motifs is 5. The zero-order chi connectivity index (χ0) is 23.5. The second-order valence-corrected chi connectivity index (χ2v) is 11.1. The van der Waals surface area contributed by atoms with Gasteiger partial charge >= 0.3 is 0 Å². The molecule has 1 aromatic rings. The van der Waals surface area contributed by atoms with Crippen LogP contribution in [0.2, 0.25) is 0 Å². The second-order valence-electron chi connectivity index (χ2n) is 11.1. The van der Waals surface area contributed by atoms with Crippen molar-refractivity contribution < 1.29 is 14.8 Å². The van der Waals surface area contributed by atoms with Crippen LogP contribution < -0.4 is 0 Å². The highest BCUT2D eigenvalue weighted by atomic mass is 16.6. The molecule has 1 amide bonds. The number of likely N-dealkylation sites (tertiary alicyclic amines) is 1. The van der Waals surface area contributed by atoms with Gasteiger partial charge in [0.25, 0.3) is 11.6 Å². The van der Waals surface area contributed by atoms with Crippen molar-refractivity contribution in [1.29, 1.82) is 0 Å². The molecular weight excluding hydrogens is 416 g/mol. The molecule has 0 aromatic heterocycles. The third kappa shape index (κ3) is 3.37. The van der Waals surface area contributed by atoms with Crippen molar-refractivity contribution >= 4 is 11.6 Å². The van der Waals surface area contributed by atoms with Crippen molar-refractivity contribution in [3.05, 3.63) is 63.9 Å². The van der Waals surface area contributed by atoms with Gasteiger partial charge in [0.1, 0.15) is 0 Å². The number of amides is 1. The predicted molar refractivity (Wildman–Crippen MR) is 126 cm³/mol. The Labute approximate surface area is 195 Å². The van der Waals surface area contributed by atoms with Gasteiger partial charge in [-0.25, -0.2) is 0 Å². The molecule has 3 fully saturated rings. The molecule has 1 aliphatic heterocycles. The van der Waals surface area contributed by atoms with Crippen molar-refractivity contribution in [2.45, 2.75) is 76.9 Å². The maximum absolute atomic E-state index is 13.7. The van der Waals surface area contributed by atoms with Gasteiger partial charge in [0.2, 0.25) is 0 Å². The van der Waals surface area contributed by atoms with E-state index in [-0.39, 0.29) is 28.7 Å². The quantitative estimate of drug-likeness (QED) is 0.360. The fourth-order valence-electron chi connectivity index (χ4n) is 7.77. The summed E-state index contributed by atoms with van der Waals surface area (Å²) in [6, 6.07) is 5.94. The number of nitro benzene ring substituents is 1. The van der Waals surface area contributed by atoms with Crippen molar-refractivity contribution in [3.63, 3.8) is 0 Å². The first kappa shape index (κ1) is 22.3. The van der Waals surface area contributed by atoms with Gasteiger partial charge in [-0.3, -0.25) is 14.9 Å². The molecule has 1 aromatic carbocycles. The summed E-state index contributed by atoms with van der Waals surface area (Å²) in [6.45, 7) is 8.91. The number of rotatable bonds is 2. The van der Waals surface area contributed by atoms with Gasteiger partial charge in [-0.2, -0.15) is 0 Å². The molecule has 6 heteroatoms. The predicted octanol–water partition coefficient (Wildman–Crippen LogP) is 5.63. The number of carbonyl (C=O) groups excluding carboxylic acids is 1. The maximum atomic E-state index is 13.7. The summed E-state index contributed by atoms with van der Waals surface area (Å²) in [5.41, 5.74) is 2.63. The smallest absolute Gasteiger partial charge is 0.269 e. The lowest BCUT2D eigenvalue weighted by Crippen LogP contribution is -2.63. The second kappa shape index (κ2) is 7.79. The van der Waals surface area contributed by atoms with Gasteiger partial charge in [-0.1, -0.05) is 25.2 Å². The molecule has 0 bridgehead atoms. The van der Waals surface area contributed by atoms with Crippen molar-refractivity contribution in [2.24, 2.45) is 23.2 Å². The molecule has 5 rings (SSSR count). The first-order valence-electron chi connectivity index (χ1n) is 12.3. The van der Waals surface area contributed by atoms with E-state index in [1.807, 2.05) is 4.90 Å². The Morgan fingerprint density at radius 1 is 1.15 bits per heavy atom. The molecule has 1 saturated heterocycles. The lowest BCUT2D eigenvalue weighted by molar-refractivity contribution is -0.384. The molecular formula is C27H34N2O4. The van der Waals surface area contributed by atoms with E-state index in [9.17, 15) is 20.0 Å². The van der Waals surface area contributed by atoms with Gasteiger partial charge < -0.3 is 10.0 Å². The summed E-state index contributed by atoms with van der Waals surface area (Å²) in [4.78, 5) is 26.2. The number of hydrogen-bond acceptors (Lipinski definition) is 4. The van der Waals surface area contributed by atoms with Gasteiger partial charge in [0.05, 0.1) is 11.0 Å². The average Bonchev–Trinajstić information content (AvgIpc) is 2.78. The van der Waals surface area contributed by atoms with Crippen molar-refractivity contribution in [1.82, 2.24) is 4.90 Å². The van der Waals surface area contributed by atoms with Crippen LogP contribution in [0.1, 0.15) is 75.6 Å². The summed E-state index contributed by atoms with van der Waals surface area (Å²) in [5, 5.41) is 21.3. The van der Waals surface area contributed by atoms with Gasteiger partial charge in [-0.15, -0.1) is 0 Å². The number of piperidine rings is 1. The number of benzene rings is 1. The van der Waals surface area contributed by atoms with Gasteiger partial charge in [0, 0.05) is 28.9 Å². The number of nitrogens with zero attached hydrogens (tertiary/aromatic N) is 2. The molecule has 4 aliphatic rings. The van der Waals surface area contributed by atoms with E-state index in [4.69, 9.17) is 0 Å². The summed E-state index contributed by atoms with van der Waals surface area (Å²) in [7, 11) is 0. The minimum atomic E-state index is -0.442. The van der Waals surface area contributed by atoms with Crippen LogP contribution in [-0.4, -0.2) is 32.5 Å². The molecule has 1 N–H and O–H groups in total. The standard InChI is InChI=1S/C27H34N2O4/c1-17-4-11-24-22-10-7-19-16-21(30)12-14-26(19,2)23(22)13-15-27(24,3)28(17)25(31)18-5-8-20(9-6-18)29(32)33/h5-9,21-24,30H,1,4,10-16H2,2-3H3/t21-,22+,23-,24-,26-,27-/m0/s1. The summed E-state index contributed by atoms with van der Waals surface area (Å²) in [5.74, 6) is 1.41. The molecule has 2 saturated carbocycles. The number of nitro groups is 1. The molecule has 0 unspecified atom stereocenters. The average molecular weight is 451 g/mol. The number of non-ortho nitro benzene ring substituents is 1. The molecule has 0 spiro atoms. The molecule has 0 radical (unpaired) electrons. The third-order valence-corrected chi connectivity index (χ3v) is 9.53. The van der Waals surface area contributed by atoms with E-state index < -0.39 is 4.92 Å². The summed E-state index contributed by atoms with van der Waals surface area (Å²) in [6.07, 6.45) is 9.79. The minimum absolute atomic E-state index is 0.00995. The first-order valence-corrected chi connectivity index (χ1v) is 12.3. The van der Waals surface area contributed by atoms with Crippen LogP contribution in [0, 0.1) is 33.3 Å². The van der Waals surface area contributed by atoms with Crippen LogP contribution in [0.5, 0.6) is 0 Å². The minimum Gasteiger partial charge on any atom is -0.393 e. The zero-order valence-corrected chi connectivity index (χ0v) is 19.6. The van der Waals surface area contributed by atoms with Crippen molar-refractivity contribution in [3.8, 4) is 0 Å². The highest BCUT2D eigenvalue weighted by Gasteiger charge is 2.58. The van der Waals surface area contributed by atoms with E-state index in [0.29, 0.717) is 23.3 Å². The number of hydrogen-bond donors (Lipinski definition) is 1. The largest absolute Gasteiger partial charge is 0.393 e. The van der Waals surface area contributed by atoms with Crippen LogP contribution in [-0.2, 0) is 0 Å². The Bertz CT molecular complexity index is 1030. The Kier molecular flexibility index (Phi) is 5.27. The van der Waals surface area contributed by atoms with Crippen LogP contribution in [0.3, 0.4) is 0 Å². The Hall–Kier alpha value is -2.47. The van der Waals surface area contributed by atoms with E-state index in [1.54, 1.807) is 12.1 Å². The highest BCUT2D eigenvalue weighted by Crippen LogP contribution is 2.62. The number of allylic oxidation sites excluding steroid dienone is 2. The highest BCUT2D eigenvalue weighted by molar-refractivity contribution is 5.96. The monoisotopic (exact) mass is 450 g/mol. The lowest BCUT2D eigenvalue weighted by Gasteiger charge is -2.62. The van der Waals surface area contributed by atoms with Gasteiger partial charge in [0.15, 0.2) is 0 Å². The first-order chi connectivity index (χ1) is 15.6. The van der Waals surface area contributed by atoms with Gasteiger partial charge in [-0.05, 0) is 93.6 Å². The molecule has 33 heavy (non-hydrogen) atoms. The SMILES string of the molecule is C=C1CC[C@H]2[C@@H]3CC=C4C[C@@H](O)CC[C@]4(C)[C@H]3CC[C@]2(C)N1C(=O)c1ccc([N+](=O)[O-])cc1. The van der Waals surface area contributed by atoms with E-state index >= 15 is 0 Å². The third-order valence-electron chi connectivity index (χ3n) is 9.53. The summed E-state index contributed by atoms with van der Waals surface area (Å²) >= 11 is 0. The van der Waals surface area contributed by atoms with Crippen LogP contribution in [0.25, 0.3) is 0 Å². The summed E-state index contributed by atoms with van der Waals surface area (Å²) < 4.78 is 0. The molecule has 6 nitrogen and oxygen atoms in total. The van der Waals surface area contributed by atoms with Crippen LogP contribution in [0.4, 0.5) is 5.69 Å². The zero-order valence-electron chi connectivity index (χ0n) is 19.6. The van der Waals surface area contributed by atoms with E-state index in [2.05, 4.69) is 26.5 Å². The maximum Gasteiger partial charge on any atom is 0.269 e. The van der Waals surface area contributed by atoms with E-state index in [0.717, 1.165) is 57.1 Å².